The van der Waals surface area contributed by atoms with Gasteiger partial charge in [0.25, 0.3) is 0 Å². The first-order chi connectivity index (χ1) is 21.2. The van der Waals surface area contributed by atoms with Crippen LogP contribution < -0.4 is 9.47 Å². The van der Waals surface area contributed by atoms with E-state index in [1.165, 1.54) is 18.2 Å². The first-order valence-electron chi connectivity index (χ1n) is 14.7. The van der Waals surface area contributed by atoms with E-state index in [0.29, 0.717) is 42.1 Å². The number of sulfone groups is 2. The molecule has 10 nitrogen and oxygen atoms in total. The molecule has 0 amide bonds. The molecule has 3 aromatic rings. The minimum atomic E-state index is -3.52. The highest BCUT2D eigenvalue weighted by atomic mass is 32.2. The zero-order valence-corrected chi connectivity index (χ0v) is 27.2. The van der Waals surface area contributed by atoms with E-state index in [0.717, 1.165) is 55.7 Å². The van der Waals surface area contributed by atoms with E-state index in [1.807, 2.05) is 12.1 Å². The lowest BCUT2D eigenvalue weighted by Crippen LogP contribution is -2.07. The molecule has 0 atom stereocenters. The Bertz CT molecular complexity index is 1680. The SMILES string of the molecule is CS(=O)(=O)c1ccc(-c2cc(OCCCCCCc3cccc(OCCCC(=O)O)c3CCC(=O)O)cc(S(C)(=O)=O)c2)cc1. The van der Waals surface area contributed by atoms with Crippen molar-refractivity contribution in [2.75, 3.05) is 25.7 Å². The highest BCUT2D eigenvalue weighted by molar-refractivity contribution is 7.91. The maximum Gasteiger partial charge on any atom is 0.303 e. The van der Waals surface area contributed by atoms with Gasteiger partial charge in [0.2, 0.25) is 0 Å². The summed E-state index contributed by atoms with van der Waals surface area (Å²) in [6, 6.07) is 16.6. The first-order valence-corrected chi connectivity index (χ1v) is 18.5. The van der Waals surface area contributed by atoms with Gasteiger partial charge >= 0.3 is 11.9 Å². The molecule has 2 N–H and O–H groups in total. The van der Waals surface area contributed by atoms with Gasteiger partial charge in [0.05, 0.1) is 23.0 Å². The van der Waals surface area contributed by atoms with Gasteiger partial charge in [0.15, 0.2) is 19.7 Å². The lowest BCUT2D eigenvalue weighted by molar-refractivity contribution is -0.138. The molecule has 3 rings (SSSR count). The number of unbranched alkanes of at least 4 members (excludes halogenated alkanes) is 3. The fourth-order valence-electron chi connectivity index (χ4n) is 4.79. The molecule has 0 fully saturated rings. The van der Waals surface area contributed by atoms with Crippen LogP contribution in [-0.4, -0.2) is 64.7 Å². The molecule has 12 heteroatoms. The van der Waals surface area contributed by atoms with Crippen molar-refractivity contribution in [2.45, 2.75) is 67.6 Å². The average Bonchev–Trinajstić information content (AvgIpc) is 2.97. The van der Waals surface area contributed by atoms with Crippen molar-refractivity contribution in [2.24, 2.45) is 0 Å². The molecule has 0 spiro atoms. The van der Waals surface area contributed by atoms with Crippen LogP contribution in [0.3, 0.4) is 0 Å². The van der Waals surface area contributed by atoms with Gasteiger partial charge in [-0.2, -0.15) is 0 Å². The molecule has 0 heterocycles. The Balaban J connectivity index is 1.57. The van der Waals surface area contributed by atoms with Crippen molar-refractivity contribution in [3.8, 4) is 22.6 Å². The predicted molar refractivity (Wildman–Crippen MR) is 171 cm³/mol. The maximum atomic E-state index is 12.3. The second kappa shape index (κ2) is 16.4. The quantitative estimate of drug-likeness (QED) is 0.155. The van der Waals surface area contributed by atoms with Gasteiger partial charge in [-0.3, -0.25) is 9.59 Å². The normalized spacial score (nSPS) is 11.7. The number of carboxylic acid groups (broad SMARTS) is 2. The van der Waals surface area contributed by atoms with Gasteiger partial charge in [-0.05, 0) is 90.8 Å². The van der Waals surface area contributed by atoms with Crippen molar-refractivity contribution in [3.05, 3.63) is 71.8 Å². The third-order valence-electron chi connectivity index (χ3n) is 7.14. The molecule has 244 valence electrons. The third kappa shape index (κ3) is 11.8. The Kier molecular flexibility index (Phi) is 13.0. The number of hydrogen-bond acceptors (Lipinski definition) is 8. The maximum absolute atomic E-state index is 12.3. The second-order valence-corrected chi connectivity index (χ2v) is 14.9. The summed E-state index contributed by atoms with van der Waals surface area (Å²) in [4.78, 5) is 22.3. The molecule has 0 saturated heterocycles. The molecule has 3 aromatic carbocycles. The van der Waals surface area contributed by atoms with Gasteiger partial charge in [-0.25, -0.2) is 16.8 Å². The van der Waals surface area contributed by atoms with E-state index in [9.17, 15) is 31.5 Å². The van der Waals surface area contributed by atoms with Crippen LogP contribution in [0.2, 0.25) is 0 Å². The van der Waals surface area contributed by atoms with E-state index in [-0.39, 0.29) is 29.2 Å². The van der Waals surface area contributed by atoms with E-state index >= 15 is 0 Å². The zero-order valence-electron chi connectivity index (χ0n) is 25.5. The minimum Gasteiger partial charge on any atom is -0.494 e. The van der Waals surface area contributed by atoms with E-state index in [1.54, 1.807) is 30.3 Å². The highest BCUT2D eigenvalue weighted by Gasteiger charge is 2.15. The number of benzene rings is 3. The van der Waals surface area contributed by atoms with Crippen LogP contribution in [0.25, 0.3) is 11.1 Å². The van der Waals surface area contributed by atoms with Gasteiger partial charge in [-0.15, -0.1) is 0 Å². The topological polar surface area (TPSA) is 161 Å². The fourth-order valence-corrected chi connectivity index (χ4v) is 6.09. The Hall–Kier alpha value is -3.90. The summed E-state index contributed by atoms with van der Waals surface area (Å²) in [5, 5.41) is 18.1. The van der Waals surface area contributed by atoms with Gasteiger partial charge in [-0.1, -0.05) is 37.1 Å². The molecule has 0 aliphatic heterocycles. The van der Waals surface area contributed by atoms with Crippen LogP contribution in [0.5, 0.6) is 11.5 Å². The van der Waals surface area contributed by atoms with Crippen molar-refractivity contribution in [1.29, 1.82) is 0 Å². The number of aryl methyl sites for hydroxylation is 1. The standard InChI is InChI=1S/C33H40O10S2/c1-44(38,39)28-15-13-24(14-16-28)26-21-27(23-29(22-26)45(2,40)41)42-19-6-4-3-5-9-25-10-7-11-31(30(25)17-18-33(36)37)43-20-8-12-32(34)35/h7,10-11,13-16,21-23H,3-6,8-9,12,17-20H2,1-2H3,(H,34,35)(H,36,37). The number of hydrogen-bond donors (Lipinski definition) is 2. The van der Waals surface area contributed by atoms with Crippen LogP contribution in [0.1, 0.15) is 56.1 Å². The lowest BCUT2D eigenvalue weighted by Gasteiger charge is -2.15. The minimum absolute atomic E-state index is 0.000738. The smallest absolute Gasteiger partial charge is 0.303 e. The Morgan fingerprint density at radius 3 is 1.93 bits per heavy atom. The number of rotatable bonds is 19. The van der Waals surface area contributed by atoms with Crippen LogP contribution in [0, 0.1) is 0 Å². The molecule has 0 unspecified atom stereocenters. The van der Waals surface area contributed by atoms with Crippen LogP contribution in [0.4, 0.5) is 0 Å². The van der Waals surface area contributed by atoms with E-state index in [2.05, 4.69) is 0 Å². The Morgan fingerprint density at radius 2 is 1.29 bits per heavy atom. The monoisotopic (exact) mass is 660 g/mol. The molecule has 0 aromatic heterocycles. The van der Waals surface area contributed by atoms with Crippen LogP contribution in [-0.2, 0) is 42.1 Å². The van der Waals surface area contributed by atoms with Crippen molar-refractivity contribution < 1.29 is 46.1 Å². The molecule has 0 bridgehead atoms. The number of ether oxygens (including phenoxy) is 2. The summed E-state index contributed by atoms with van der Waals surface area (Å²) < 4.78 is 60.0. The Morgan fingerprint density at radius 1 is 0.644 bits per heavy atom. The molecule has 0 saturated carbocycles. The van der Waals surface area contributed by atoms with Crippen molar-refractivity contribution in [1.82, 2.24) is 0 Å². The predicted octanol–water partition coefficient (Wildman–Crippen LogP) is 5.60. The first kappa shape index (κ1) is 35.6. The van der Waals surface area contributed by atoms with Gasteiger partial charge in [0.1, 0.15) is 11.5 Å². The Labute approximate surface area is 264 Å². The number of aliphatic carboxylic acids is 2. The molecule has 0 aliphatic carbocycles. The summed E-state index contributed by atoms with van der Waals surface area (Å²) in [6.45, 7) is 0.614. The summed E-state index contributed by atoms with van der Waals surface area (Å²) in [5.74, 6) is -0.798. The zero-order chi connectivity index (χ0) is 33.0. The summed E-state index contributed by atoms with van der Waals surface area (Å²) in [5.41, 5.74) is 3.11. The summed E-state index contributed by atoms with van der Waals surface area (Å²) in [6.07, 6.45) is 6.99. The van der Waals surface area contributed by atoms with E-state index in [4.69, 9.17) is 14.6 Å². The van der Waals surface area contributed by atoms with Crippen molar-refractivity contribution >= 4 is 31.6 Å². The summed E-state index contributed by atoms with van der Waals surface area (Å²) in [7, 11) is -6.88. The molecule has 0 aliphatic rings. The fraction of sp³-hybridized carbons (Fsp3) is 0.394. The molecule has 0 radical (unpaired) electrons. The molecular weight excluding hydrogens is 620 g/mol. The average molecular weight is 661 g/mol. The largest absolute Gasteiger partial charge is 0.494 e. The second-order valence-electron chi connectivity index (χ2n) is 10.9. The number of carboxylic acids is 2. The summed E-state index contributed by atoms with van der Waals surface area (Å²) >= 11 is 0. The molecule has 45 heavy (non-hydrogen) atoms. The lowest BCUT2D eigenvalue weighted by atomic mass is 9.97. The third-order valence-corrected chi connectivity index (χ3v) is 9.37. The number of carbonyl (C=O) groups is 2. The van der Waals surface area contributed by atoms with Crippen molar-refractivity contribution in [3.63, 3.8) is 0 Å². The highest BCUT2D eigenvalue weighted by Crippen LogP contribution is 2.30. The van der Waals surface area contributed by atoms with E-state index < -0.39 is 31.6 Å². The van der Waals surface area contributed by atoms with Crippen LogP contribution >= 0.6 is 0 Å². The van der Waals surface area contributed by atoms with Gasteiger partial charge < -0.3 is 19.7 Å². The molecular formula is C33H40O10S2. The van der Waals surface area contributed by atoms with Gasteiger partial charge in [0, 0.05) is 25.4 Å². The van der Waals surface area contributed by atoms with Crippen LogP contribution in [0.15, 0.2) is 70.5 Å².